The summed E-state index contributed by atoms with van der Waals surface area (Å²) in [5, 5.41) is 13.5. The van der Waals surface area contributed by atoms with E-state index in [-0.39, 0.29) is 5.75 Å². The molecule has 0 saturated carbocycles. The molecule has 5 nitrogen and oxygen atoms in total. The summed E-state index contributed by atoms with van der Waals surface area (Å²) in [5.41, 5.74) is 2.09. The van der Waals surface area contributed by atoms with Gasteiger partial charge in [0.25, 0.3) is 0 Å². The molecule has 0 aliphatic rings. The second-order valence-corrected chi connectivity index (χ2v) is 6.47. The summed E-state index contributed by atoms with van der Waals surface area (Å²) in [6.07, 6.45) is 0.673. The Balaban J connectivity index is 2.71. The van der Waals surface area contributed by atoms with Gasteiger partial charge in [0.15, 0.2) is 0 Å². The Hall–Kier alpha value is -1.08. The second-order valence-electron chi connectivity index (χ2n) is 4.70. The number of hydrogen-bond acceptors (Lipinski definition) is 4. The molecule has 1 aromatic rings. The number of phenolic OH excluding ortho intramolecular Hbond substituents is 1. The van der Waals surface area contributed by atoms with Crippen LogP contribution in [-0.4, -0.2) is 23.0 Å². The van der Waals surface area contributed by atoms with Crippen LogP contribution in [0, 0.1) is 0 Å². The van der Waals surface area contributed by atoms with E-state index >= 15 is 0 Å². The Morgan fingerprint density at radius 1 is 1.42 bits per heavy atom. The number of nitrogens with one attached hydrogen (secondary N) is 1. The van der Waals surface area contributed by atoms with Gasteiger partial charge in [-0.2, -0.15) is 5.10 Å². The molecule has 0 fully saturated rings. The molecule has 0 aliphatic heterocycles. The van der Waals surface area contributed by atoms with E-state index in [1.807, 2.05) is 0 Å². The molecule has 0 saturated heterocycles. The number of hydrazone groups is 1. The number of benzene rings is 1. The molecule has 0 aliphatic carbocycles. The number of hydrogen-bond donors (Lipinski definition) is 2. The molecule has 0 bridgehead atoms. The van der Waals surface area contributed by atoms with Crippen LogP contribution in [0.3, 0.4) is 0 Å². The molecule has 0 atom stereocenters. The zero-order valence-electron chi connectivity index (χ0n) is 10.7. The first-order chi connectivity index (χ1) is 8.69. The Kier molecular flexibility index (Phi) is 5.37. The second kappa shape index (κ2) is 6.38. The number of carbonyl (C=O) groups is 1. The van der Waals surface area contributed by atoms with Crippen LogP contribution in [0.4, 0.5) is 4.79 Å². The maximum absolute atomic E-state index is 11.3. The summed E-state index contributed by atoms with van der Waals surface area (Å²) in [6, 6.07) is 3.37. The van der Waals surface area contributed by atoms with E-state index < -0.39 is 11.7 Å². The highest BCUT2D eigenvalue weighted by Gasteiger charge is 2.15. The highest BCUT2D eigenvalue weighted by Crippen LogP contribution is 2.30. The van der Waals surface area contributed by atoms with Gasteiger partial charge >= 0.3 is 6.09 Å². The van der Waals surface area contributed by atoms with E-state index in [1.54, 1.807) is 32.9 Å². The monoisotopic (exact) mass is 392 g/mol. The molecular weight excluding hydrogens is 380 g/mol. The highest BCUT2D eigenvalue weighted by atomic mass is 79.9. The van der Waals surface area contributed by atoms with Crippen molar-refractivity contribution in [3.63, 3.8) is 0 Å². The predicted octanol–water partition coefficient (Wildman–Crippen LogP) is 3.78. The number of halogens is 2. The lowest BCUT2D eigenvalue weighted by Crippen LogP contribution is -2.29. The maximum atomic E-state index is 11.3. The van der Waals surface area contributed by atoms with Gasteiger partial charge in [-0.3, -0.25) is 0 Å². The van der Waals surface area contributed by atoms with Gasteiger partial charge in [0, 0.05) is 10.0 Å². The first kappa shape index (κ1) is 16.0. The number of phenols is 1. The van der Waals surface area contributed by atoms with Crippen molar-refractivity contribution in [3.05, 3.63) is 26.6 Å². The van der Waals surface area contributed by atoms with E-state index in [1.165, 1.54) is 6.21 Å². The average Bonchev–Trinajstić information content (AvgIpc) is 2.22. The summed E-state index contributed by atoms with van der Waals surface area (Å²) in [5.74, 6) is 0.0398. The van der Waals surface area contributed by atoms with Gasteiger partial charge in [-0.15, -0.1) is 0 Å². The summed E-state index contributed by atoms with van der Waals surface area (Å²) in [7, 11) is 0. The number of ether oxygens (including phenoxy) is 1. The van der Waals surface area contributed by atoms with E-state index in [0.717, 1.165) is 4.47 Å². The Morgan fingerprint density at radius 2 is 2.05 bits per heavy atom. The molecule has 1 aromatic carbocycles. The number of rotatable bonds is 2. The number of aromatic hydroxyl groups is 1. The first-order valence-electron chi connectivity index (χ1n) is 5.39. The van der Waals surface area contributed by atoms with Crippen LogP contribution in [0.2, 0.25) is 0 Å². The van der Waals surface area contributed by atoms with Crippen molar-refractivity contribution in [1.82, 2.24) is 5.43 Å². The van der Waals surface area contributed by atoms with Gasteiger partial charge in [0.05, 0.1) is 10.7 Å². The molecule has 0 heterocycles. The van der Waals surface area contributed by atoms with Crippen molar-refractivity contribution in [2.24, 2.45) is 5.10 Å². The van der Waals surface area contributed by atoms with Crippen LogP contribution in [0.25, 0.3) is 0 Å². The van der Waals surface area contributed by atoms with Crippen molar-refractivity contribution < 1.29 is 14.6 Å². The zero-order chi connectivity index (χ0) is 14.6. The van der Waals surface area contributed by atoms with Gasteiger partial charge < -0.3 is 9.84 Å². The van der Waals surface area contributed by atoms with Gasteiger partial charge in [-0.25, -0.2) is 10.2 Å². The molecule has 1 amide bonds. The minimum Gasteiger partial charge on any atom is -0.506 e. The highest BCUT2D eigenvalue weighted by molar-refractivity contribution is 9.11. The minimum atomic E-state index is -0.655. The fourth-order valence-electron chi connectivity index (χ4n) is 1.14. The molecular formula is C12H14Br2N2O3. The van der Waals surface area contributed by atoms with E-state index in [2.05, 4.69) is 42.4 Å². The molecule has 0 unspecified atom stereocenters. The van der Waals surface area contributed by atoms with Crippen LogP contribution in [0.1, 0.15) is 26.3 Å². The minimum absolute atomic E-state index is 0.0398. The van der Waals surface area contributed by atoms with Crippen LogP contribution in [0.15, 0.2) is 26.2 Å². The smallest absolute Gasteiger partial charge is 0.428 e. The maximum Gasteiger partial charge on any atom is 0.428 e. The predicted molar refractivity (Wildman–Crippen MR) is 80.5 cm³/mol. The van der Waals surface area contributed by atoms with E-state index in [0.29, 0.717) is 10.0 Å². The largest absolute Gasteiger partial charge is 0.506 e. The third-order valence-corrected chi connectivity index (χ3v) is 2.88. The van der Waals surface area contributed by atoms with E-state index in [4.69, 9.17) is 4.74 Å². The summed E-state index contributed by atoms with van der Waals surface area (Å²) >= 11 is 6.50. The quantitative estimate of drug-likeness (QED) is 0.593. The molecule has 0 spiro atoms. The van der Waals surface area contributed by atoms with Crippen molar-refractivity contribution in [3.8, 4) is 5.75 Å². The fourth-order valence-corrected chi connectivity index (χ4v) is 2.40. The summed E-state index contributed by atoms with van der Waals surface area (Å²) < 4.78 is 6.31. The van der Waals surface area contributed by atoms with Crippen LogP contribution in [-0.2, 0) is 4.74 Å². The fraction of sp³-hybridized carbons (Fsp3) is 0.333. The topological polar surface area (TPSA) is 70.9 Å². The van der Waals surface area contributed by atoms with Gasteiger partial charge in [0.2, 0.25) is 0 Å². The molecule has 7 heteroatoms. The Bertz CT molecular complexity index is 510. The van der Waals surface area contributed by atoms with Gasteiger partial charge in [-0.1, -0.05) is 15.9 Å². The Labute approximate surface area is 128 Å². The van der Waals surface area contributed by atoms with Crippen molar-refractivity contribution in [2.75, 3.05) is 0 Å². The van der Waals surface area contributed by atoms with Gasteiger partial charge in [0.1, 0.15) is 11.4 Å². The van der Waals surface area contributed by atoms with Crippen molar-refractivity contribution >= 4 is 44.2 Å². The lowest BCUT2D eigenvalue weighted by molar-refractivity contribution is 0.0529. The summed E-state index contributed by atoms with van der Waals surface area (Å²) in [4.78, 5) is 11.3. The van der Waals surface area contributed by atoms with E-state index in [9.17, 15) is 9.90 Å². The normalized spacial score (nSPS) is 11.6. The van der Waals surface area contributed by atoms with Crippen molar-refractivity contribution in [1.29, 1.82) is 0 Å². The number of amides is 1. The van der Waals surface area contributed by atoms with Crippen LogP contribution in [0.5, 0.6) is 5.75 Å². The molecule has 2 N–H and O–H groups in total. The third kappa shape index (κ3) is 5.61. The molecule has 19 heavy (non-hydrogen) atoms. The average molecular weight is 394 g/mol. The third-order valence-electron chi connectivity index (χ3n) is 1.82. The SMILES string of the molecule is CC(C)(C)OC(=O)NN=Cc1cc(Br)cc(Br)c1O. The first-order valence-corrected chi connectivity index (χ1v) is 6.98. The number of nitrogens with zero attached hydrogens (tertiary/aromatic N) is 1. The Morgan fingerprint density at radius 3 is 2.63 bits per heavy atom. The molecule has 104 valence electrons. The summed E-state index contributed by atoms with van der Waals surface area (Å²) in [6.45, 7) is 5.27. The molecule has 0 aromatic heterocycles. The van der Waals surface area contributed by atoms with Crippen LogP contribution >= 0.6 is 31.9 Å². The van der Waals surface area contributed by atoms with Gasteiger partial charge in [-0.05, 0) is 48.8 Å². The number of carbonyl (C=O) groups excluding carboxylic acids is 1. The van der Waals surface area contributed by atoms with Crippen molar-refractivity contribution in [2.45, 2.75) is 26.4 Å². The lowest BCUT2D eigenvalue weighted by Gasteiger charge is -2.18. The molecule has 1 rings (SSSR count). The molecule has 0 radical (unpaired) electrons. The lowest BCUT2D eigenvalue weighted by atomic mass is 10.2. The standard InChI is InChI=1S/C12H14Br2N2O3/c1-12(2,3)19-11(18)16-15-6-7-4-8(13)5-9(14)10(7)17/h4-6,17H,1-3H3,(H,16,18). The zero-order valence-corrected chi connectivity index (χ0v) is 13.9. The van der Waals surface area contributed by atoms with Crippen LogP contribution < -0.4 is 5.43 Å².